The van der Waals surface area contributed by atoms with Crippen molar-refractivity contribution in [1.82, 2.24) is 25.3 Å². The van der Waals surface area contributed by atoms with Crippen molar-refractivity contribution in [2.45, 2.75) is 32.8 Å². The number of hydrogen-bond donors (Lipinski definition) is 1. The van der Waals surface area contributed by atoms with Crippen LogP contribution in [0, 0.1) is 0 Å². The fourth-order valence-electron chi connectivity index (χ4n) is 2.08. The summed E-state index contributed by atoms with van der Waals surface area (Å²) in [6, 6.07) is 4.06. The maximum absolute atomic E-state index is 13.3. The Morgan fingerprint density at radius 2 is 2.12 bits per heavy atom. The third-order valence-corrected chi connectivity index (χ3v) is 3.25. The molecule has 0 unspecified atom stereocenters. The van der Waals surface area contributed by atoms with Crippen LogP contribution in [0.25, 0.3) is 5.69 Å². The molecule has 1 aromatic carbocycles. The second-order valence-corrected chi connectivity index (χ2v) is 5.01. The van der Waals surface area contributed by atoms with Gasteiger partial charge in [-0.05, 0) is 22.9 Å². The van der Waals surface area contributed by atoms with Gasteiger partial charge in [0, 0.05) is 24.6 Å². The first-order valence-corrected chi connectivity index (χ1v) is 7.25. The Labute approximate surface area is 136 Å². The number of rotatable bonds is 7. The molecule has 0 aliphatic rings. The van der Waals surface area contributed by atoms with Crippen molar-refractivity contribution in [2.24, 2.45) is 7.05 Å². The van der Waals surface area contributed by atoms with Crippen molar-refractivity contribution < 1.29 is 18.4 Å². The molecule has 0 atom stereocenters. The van der Waals surface area contributed by atoms with E-state index in [0.717, 1.165) is 9.36 Å². The lowest BCUT2D eigenvalue weighted by Crippen LogP contribution is -2.25. The molecule has 0 fully saturated rings. The van der Waals surface area contributed by atoms with E-state index < -0.39 is 12.1 Å². The summed E-state index contributed by atoms with van der Waals surface area (Å²) in [5, 5.41) is 7.21. The predicted octanol–water partition coefficient (Wildman–Crippen LogP) is 1.25. The average Bonchev–Trinajstić information content (AvgIpc) is 2.87. The first-order valence-electron chi connectivity index (χ1n) is 7.25. The molecule has 0 radical (unpaired) electrons. The van der Waals surface area contributed by atoms with Gasteiger partial charge in [0.05, 0.1) is 5.69 Å². The van der Waals surface area contributed by atoms with Crippen molar-refractivity contribution in [3.05, 3.63) is 39.8 Å². The van der Waals surface area contributed by atoms with Gasteiger partial charge in [-0.3, -0.25) is 9.63 Å². The van der Waals surface area contributed by atoms with E-state index in [9.17, 15) is 18.4 Å². The van der Waals surface area contributed by atoms with E-state index in [4.69, 9.17) is 4.84 Å². The second kappa shape index (κ2) is 7.77. The van der Waals surface area contributed by atoms with E-state index in [-0.39, 0.29) is 35.7 Å². The number of carbonyl (C=O) groups excluding carboxylic acids is 1. The van der Waals surface area contributed by atoms with Crippen LogP contribution in [0.4, 0.5) is 8.78 Å². The minimum absolute atomic E-state index is 0.0481. The summed E-state index contributed by atoms with van der Waals surface area (Å²) >= 11 is 0. The summed E-state index contributed by atoms with van der Waals surface area (Å²) in [6.07, 6.45) is -1.89. The van der Waals surface area contributed by atoms with E-state index in [1.807, 2.05) is 6.92 Å². The molecule has 10 heteroatoms. The Kier molecular flexibility index (Phi) is 5.74. The smallest absolute Gasteiger partial charge is 0.273 e. The van der Waals surface area contributed by atoms with Crippen molar-refractivity contribution >= 4 is 5.91 Å². The number of halogens is 2. The maximum atomic E-state index is 13.3. The van der Waals surface area contributed by atoms with Gasteiger partial charge in [-0.1, -0.05) is 19.1 Å². The molecule has 0 aliphatic carbocycles. The van der Waals surface area contributed by atoms with Gasteiger partial charge < -0.3 is 0 Å². The number of carbonyl (C=O) groups is 1. The third-order valence-electron chi connectivity index (χ3n) is 3.25. The van der Waals surface area contributed by atoms with Crippen LogP contribution < -0.4 is 11.2 Å². The third kappa shape index (κ3) is 3.82. The molecule has 0 saturated carbocycles. The molecule has 1 aromatic heterocycles. The first-order chi connectivity index (χ1) is 11.5. The summed E-state index contributed by atoms with van der Waals surface area (Å²) in [5.41, 5.74) is 1.46. The van der Waals surface area contributed by atoms with Crippen LogP contribution in [0.15, 0.2) is 23.0 Å². The SMILES string of the molecule is CCCC(=O)NOCc1c(C(F)F)cccc1-n1nnn(C)c1=O. The highest BCUT2D eigenvalue weighted by Crippen LogP contribution is 2.27. The van der Waals surface area contributed by atoms with Crippen LogP contribution in [0.3, 0.4) is 0 Å². The number of aryl methyl sites for hydroxylation is 1. The van der Waals surface area contributed by atoms with E-state index in [1.165, 1.54) is 25.2 Å². The Bertz CT molecular complexity index is 772. The summed E-state index contributed by atoms with van der Waals surface area (Å²) in [5.74, 6) is -0.356. The molecule has 130 valence electrons. The fourth-order valence-corrected chi connectivity index (χ4v) is 2.08. The lowest BCUT2D eigenvalue weighted by atomic mass is 10.1. The number of nitrogens with one attached hydrogen (secondary N) is 1. The normalized spacial score (nSPS) is 11.0. The maximum Gasteiger partial charge on any atom is 0.368 e. The van der Waals surface area contributed by atoms with E-state index >= 15 is 0 Å². The molecule has 0 saturated heterocycles. The Hall–Kier alpha value is -2.62. The number of nitrogens with zero attached hydrogens (tertiary/aromatic N) is 4. The van der Waals surface area contributed by atoms with Crippen LogP contribution >= 0.6 is 0 Å². The molecule has 0 bridgehead atoms. The number of hydrogen-bond acceptors (Lipinski definition) is 5. The van der Waals surface area contributed by atoms with Gasteiger partial charge in [-0.15, -0.1) is 0 Å². The van der Waals surface area contributed by atoms with Gasteiger partial charge in [0.2, 0.25) is 5.91 Å². The molecular formula is C14H17F2N5O3. The summed E-state index contributed by atoms with van der Waals surface area (Å²) < 4.78 is 28.4. The molecular weight excluding hydrogens is 324 g/mol. The Morgan fingerprint density at radius 1 is 1.38 bits per heavy atom. The van der Waals surface area contributed by atoms with Crippen molar-refractivity contribution in [3.8, 4) is 5.69 Å². The Balaban J connectivity index is 2.34. The minimum atomic E-state index is -2.78. The van der Waals surface area contributed by atoms with Crippen molar-refractivity contribution in [1.29, 1.82) is 0 Å². The number of amides is 1. The predicted molar refractivity (Wildman–Crippen MR) is 79.4 cm³/mol. The van der Waals surface area contributed by atoms with Crippen LogP contribution in [-0.2, 0) is 23.3 Å². The highest BCUT2D eigenvalue weighted by atomic mass is 19.3. The fraction of sp³-hybridized carbons (Fsp3) is 0.429. The van der Waals surface area contributed by atoms with E-state index in [1.54, 1.807) is 0 Å². The molecule has 2 rings (SSSR count). The standard InChI is InChI=1S/C14H17F2N5O3/c1-3-5-12(22)17-24-8-10-9(13(15)16)6-4-7-11(10)21-14(23)20(2)18-19-21/h4,6-7,13H,3,5,8H2,1-2H3,(H,17,22). The summed E-state index contributed by atoms with van der Waals surface area (Å²) in [4.78, 5) is 28.4. The number of tetrazole rings is 1. The highest BCUT2D eigenvalue weighted by molar-refractivity contribution is 5.74. The van der Waals surface area contributed by atoms with Crippen LogP contribution in [0.2, 0.25) is 0 Å². The molecule has 1 N–H and O–H groups in total. The number of aromatic nitrogens is 4. The van der Waals surface area contributed by atoms with Gasteiger partial charge in [-0.25, -0.2) is 19.1 Å². The van der Waals surface area contributed by atoms with Crippen LogP contribution in [0.5, 0.6) is 0 Å². The van der Waals surface area contributed by atoms with E-state index in [2.05, 4.69) is 15.9 Å². The average molecular weight is 341 g/mol. The summed E-state index contributed by atoms with van der Waals surface area (Å²) in [7, 11) is 1.39. The molecule has 1 amide bonds. The zero-order valence-electron chi connectivity index (χ0n) is 13.2. The number of benzene rings is 1. The van der Waals surface area contributed by atoms with Gasteiger partial charge in [0.15, 0.2) is 0 Å². The quantitative estimate of drug-likeness (QED) is 0.766. The van der Waals surface area contributed by atoms with Crippen LogP contribution in [-0.4, -0.2) is 25.7 Å². The van der Waals surface area contributed by atoms with E-state index in [0.29, 0.717) is 6.42 Å². The van der Waals surface area contributed by atoms with Crippen molar-refractivity contribution in [3.63, 3.8) is 0 Å². The highest BCUT2D eigenvalue weighted by Gasteiger charge is 2.20. The Morgan fingerprint density at radius 3 is 2.71 bits per heavy atom. The number of hydroxylamine groups is 1. The van der Waals surface area contributed by atoms with Crippen molar-refractivity contribution in [2.75, 3.05) is 0 Å². The monoisotopic (exact) mass is 341 g/mol. The minimum Gasteiger partial charge on any atom is -0.273 e. The molecule has 8 nitrogen and oxygen atoms in total. The zero-order valence-corrected chi connectivity index (χ0v) is 13.2. The molecule has 24 heavy (non-hydrogen) atoms. The molecule has 1 heterocycles. The van der Waals surface area contributed by atoms with Gasteiger partial charge in [0.1, 0.15) is 6.61 Å². The number of alkyl halides is 2. The molecule has 0 spiro atoms. The molecule has 2 aromatic rings. The molecule has 0 aliphatic heterocycles. The summed E-state index contributed by atoms with van der Waals surface area (Å²) in [6.45, 7) is 1.48. The lowest BCUT2D eigenvalue weighted by Gasteiger charge is -2.14. The van der Waals surface area contributed by atoms with Gasteiger partial charge in [0.25, 0.3) is 6.43 Å². The topological polar surface area (TPSA) is 91.0 Å². The second-order valence-electron chi connectivity index (χ2n) is 5.01. The van der Waals surface area contributed by atoms with Gasteiger partial charge >= 0.3 is 5.69 Å². The van der Waals surface area contributed by atoms with Gasteiger partial charge in [-0.2, -0.15) is 9.36 Å². The van der Waals surface area contributed by atoms with Crippen LogP contribution in [0.1, 0.15) is 37.3 Å². The first kappa shape index (κ1) is 17.7. The zero-order chi connectivity index (χ0) is 17.7. The largest absolute Gasteiger partial charge is 0.368 e. The lowest BCUT2D eigenvalue weighted by molar-refractivity contribution is -0.134.